The SMILES string of the molecule is N#C/C(=C(/C#N)c1ccc(-c2ccc(-c3nnc(-c4ccc(C(F)(F)F)cc4)o3)s2)cc1)c1ccc(-c2ccc(-c3nnc(-c4ccc(C(F)(F)F)cc4)o3)s2)cc1. The van der Waals surface area contributed by atoms with Gasteiger partial charge in [-0.25, -0.2) is 0 Å². The molecule has 0 saturated heterocycles. The van der Waals surface area contributed by atoms with Crippen molar-refractivity contribution in [1.82, 2.24) is 20.4 Å². The van der Waals surface area contributed by atoms with Gasteiger partial charge in [-0.1, -0.05) is 48.5 Å². The summed E-state index contributed by atoms with van der Waals surface area (Å²) < 4.78 is 89.2. The molecule has 8 nitrogen and oxygen atoms in total. The number of aromatic nitrogens is 4. The summed E-state index contributed by atoms with van der Waals surface area (Å²) in [6, 6.07) is 34.9. The molecule has 0 bridgehead atoms. The van der Waals surface area contributed by atoms with E-state index in [4.69, 9.17) is 8.83 Å². The maximum Gasteiger partial charge on any atom is 0.416 e. The Morgan fingerprint density at radius 2 is 0.724 bits per heavy atom. The van der Waals surface area contributed by atoms with Crippen LogP contribution in [0.1, 0.15) is 22.3 Å². The number of halogens is 6. The molecular formula is C42H20F6N6O2S2. The molecule has 284 valence electrons. The van der Waals surface area contributed by atoms with Gasteiger partial charge in [0.1, 0.15) is 12.1 Å². The number of nitrogens with zero attached hydrogens (tertiary/aromatic N) is 6. The first kappa shape index (κ1) is 37.8. The molecule has 0 aliphatic carbocycles. The summed E-state index contributed by atoms with van der Waals surface area (Å²) >= 11 is 2.73. The molecule has 8 aromatic rings. The van der Waals surface area contributed by atoms with E-state index in [0.717, 1.165) is 45.1 Å². The predicted molar refractivity (Wildman–Crippen MR) is 205 cm³/mol. The van der Waals surface area contributed by atoms with Crippen molar-refractivity contribution in [3.63, 3.8) is 0 Å². The van der Waals surface area contributed by atoms with Gasteiger partial charge >= 0.3 is 12.4 Å². The summed E-state index contributed by atoms with van der Waals surface area (Å²) in [5.41, 5.74) is 2.26. The molecule has 4 aromatic heterocycles. The Morgan fingerprint density at radius 3 is 1.05 bits per heavy atom. The van der Waals surface area contributed by atoms with Crippen LogP contribution in [0.3, 0.4) is 0 Å². The second-order valence-corrected chi connectivity index (χ2v) is 14.6. The van der Waals surface area contributed by atoms with Gasteiger partial charge in [0.2, 0.25) is 11.8 Å². The smallest absolute Gasteiger partial charge is 0.415 e. The number of hydrogen-bond acceptors (Lipinski definition) is 10. The standard InChI is InChI=1S/C42H20F6N6O2S2/c43-41(44,45)29-13-9-27(10-14-29)37-51-53-39(55-37)35-19-17-33(57-35)25-5-1-23(2-6-25)31(21-49)32(22-50)24-3-7-26(8-4-24)34-18-20-36(58-34)40-54-52-38(56-40)28-11-15-30(16-12-28)42(46,47)48/h1-20H/b32-31+. The first-order chi connectivity index (χ1) is 27.9. The molecule has 58 heavy (non-hydrogen) atoms. The summed E-state index contributed by atoms with van der Waals surface area (Å²) in [6.07, 6.45) is -8.91. The Morgan fingerprint density at radius 1 is 0.414 bits per heavy atom. The van der Waals surface area contributed by atoms with Crippen LogP contribution in [0.5, 0.6) is 0 Å². The number of rotatable bonds is 8. The third kappa shape index (κ3) is 7.66. The van der Waals surface area contributed by atoms with Crippen molar-refractivity contribution in [3.05, 3.63) is 144 Å². The van der Waals surface area contributed by atoms with Crippen LogP contribution in [0.25, 0.3) is 76.5 Å². The zero-order valence-electron chi connectivity index (χ0n) is 29.1. The third-order valence-electron chi connectivity index (χ3n) is 8.79. The first-order valence-corrected chi connectivity index (χ1v) is 18.5. The van der Waals surface area contributed by atoms with E-state index in [-0.39, 0.29) is 34.7 Å². The van der Waals surface area contributed by atoms with E-state index in [2.05, 4.69) is 32.5 Å². The number of nitriles is 2. The van der Waals surface area contributed by atoms with Gasteiger partial charge in [0.25, 0.3) is 11.8 Å². The summed E-state index contributed by atoms with van der Waals surface area (Å²) in [7, 11) is 0. The molecule has 0 N–H and O–H groups in total. The van der Waals surface area contributed by atoms with Gasteiger partial charge < -0.3 is 8.83 Å². The number of alkyl halides is 6. The molecule has 0 radical (unpaired) electrons. The van der Waals surface area contributed by atoms with Crippen molar-refractivity contribution in [2.75, 3.05) is 0 Å². The Bertz CT molecular complexity index is 2680. The monoisotopic (exact) mass is 818 g/mol. The summed E-state index contributed by atoms with van der Waals surface area (Å²) in [5.74, 6) is 0.588. The van der Waals surface area contributed by atoms with E-state index >= 15 is 0 Å². The van der Waals surface area contributed by atoms with Gasteiger partial charge in [-0.2, -0.15) is 36.9 Å². The molecule has 0 aliphatic rings. The van der Waals surface area contributed by atoms with Crippen LogP contribution in [-0.4, -0.2) is 20.4 Å². The minimum Gasteiger partial charge on any atom is -0.415 e. The summed E-state index contributed by atoms with van der Waals surface area (Å²) in [5, 5.41) is 36.4. The lowest BCUT2D eigenvalue weighted by Gasteiger charge is -2.07. The van der Waals surface area contributed by atoms with E-state index in [9.17, 15) is 36.9 Å². The molecule has 0 saturated carbocycles. The fourth-order valence-corrected chi connectivity index (χ4v) is 7.70. The minimum absolute atomic E-state index is 0.0839. The average molecular weight is 819 g/mol. The normalized spacial score (nSPS) is 12.2. The molecule has 0 aliphatic heterocycles. The van der Waals surface area contributed by atoms with Crippen LogP contribution in [0, 0.1) is 22.7 Å². The van der Waals surface area contributed by atoms with Crippen molar-refractivity contribution < 1.29 is 35.2 Å². The zero-order chi connectivity index (χ0) is 40.6. The highest BCUT2D eigenvalue weighted by Gasteiger charge is 2.31. The number of hydrogen-bond donors (Lipinski definition) is 0. The Labute approximate surface area is 332 Å². The van der Waals surface area contributed by atoms with Gasteiger partial charge in [-0.05, 0) is 95.1 Å². The van der Waals surface area contributed by atoms with Crippen LogP contribution >= 0.6 is 22.7 Å². The van der Waals surface area contributed by atoms with Crippen molar-refractivity contribution >= 4 is 33.8 Å². The van der Waals surface area contributed by atoms with Gasteiger partial charge in [0.05, 0.1) is 32.0 Å². The van der Waals surface area contributed by atoms with Crippen LogP contribution in [0.4, 0.5) is 26.3 Å². The molecule has 0 unspecified atom stereocenters. The van der Waals surface area contributed by atoms with E-state index in [0.29, 0.717) is 32.0 Å². The van der Waals surface area contributed by atoms with Crippen molar-refractivity contribution in [2.45, 2.75) is 12.4 Å². The third-order valence-corrected chi connectivity index (χ3v) is 11.0. The van der Waals surface area contributed by atoms with Crippen LogP contribution < -0.4 is 0 Å². The van der Waals surface area contributed by atoms with Crippen LogP contribution in [0.15, 0.2) is 130 Å². The lowest BCUT2D eigenvalue weighted by Crippen LogP contribution is -2.03. The van der Waals surface area contributed by atoms with E-state index in [1.165, 1.54) is 46.9 Å². The average Bonchev–Trinajstić information content (AvgIpc) is 4.07. The quantitative estimate of drug-likeness (QED) is 0.0843. The first-order valence-electron chi connectivity index (χ1n) is 16.9. The highest BCUT2D eigenvalue weighted by molar-refractivity contribution is 7.19. The lowest BCUT2D eigenvalue weighted by molar-refractivity contribution is -0.138. The maximum atomic E-state index is 12.9. The Kier molecular flexibility index (Phi) is 9.82. The van der Waals surface area contributed by atoms with E-state index in [1.807, 2.05) is 36.4 Å². The molecule has 8 rings (SSSR count). The number of benzene rings is 4. The van der Waals surface area contributed by atoms with Crippen molar-refractivity contribution in [3.8, 4) is 77.5 Å². The molecule has 0 amide bonds. The highest BCUT2D eigenvalue weighted by atomic mass is 32.1. The minimum atomic E-state index is -4.46. The van der Waals surface area contributed by atoms with Gasteiger partial charge in [0, 0.05) is 20.9 Å². The molecule has 0 spiro atoms. The molecular weight excluding hydrogens is 799 g/mol. The fraction of sp³-hybridized carbons (Fsp3) is 0.0476. The fourth-order valence-electron chi connectivity index (χ4n) is 5.83. The molecule has 0 atom stereocenters. The second-order valence-electron chi connectivity index (χ2n) is 12.4. The van der Waals surface area contributed by atoms with Crippen molar-refractivity contribution in [1.29, 1.82) is 10.5 Å². The molecule has 4 aromatic carbocycles. The predicted octanol–water partition coefficient (Wildman–Crippen LogP) is 12.6. The largest absolute Gasteiger partial charge is 0.416 e. The van der Waals surface area contributed by atoms with E-state index < -0.39 is 23.5 Å². The Hall–Kier alpha value is -7.14. The van der Waals surface area contributed by atoms with Gasteiger partial charge in [-0.15, -0.1) is 43.1 Å². The van der Waals surface area contributed by atoms with Crippen molar-refractivity contribution in [2.24, 2.45) is 0 Å². The molecule has 4 heterocycles. The van der Waals surface area contributed by atoms with E-state index in [1.54, 1.807) is 36.4 Å². The Balaban J connectivity index is 0.961. The second kappa shape index (κ2) is 15.1. The van der Waals surface area contributed by atoms with Crippen LogP contribution in [-0.2, 0) is 12.4 Å². The maximum absolute atomic E-state index is 12.9. The zero-order valence-corrected chi connectivity index (χ0v) is 30.8. The molecule has 16 heteroatoms. The van der Waals surface area contributed by atoms with Crippen LogP contribution in [0.2, 0.25) is 0 Å². The number of thiophene rings is 2. The highest BCUT2D eigenvalue weighted by Crippen LogP contribution is 2.39. The lowest BCUT2D eigenvalue weighted by atomic mass is 9.95. The number of allylic oxidation sites excluding steroid dienone is 2. The summed E-state index contributed by atoms with van der Waals surface area (Å²) in [6.45, 7) is 0. The topological polar surface area (TPSA) is 125 Å². The molecule has 0 fully saturated rings. The summed E-state index contributed by atoms with van der Waals surface area (Å²) in [4.78, 5) is 3.00. The van der Waals surface area contributed by atoms with Gasteiger partial charge in [-0.3, -0.25) is 0 Å². The van der Waals surface area contributed by atoms with Gasteiger partial charge in [0.15, 0.2) is 0 Å².